The summed E-state index contributed by atoms with van der Waals surface area (Å²) in [4.78, 5) is 57.9. The minimum absolute atomic E-state index is 0.0617. The third-order valence-corrected chi connectivity index (χ3v) is 4.06. The molecule has 1 saturated heterocycles. The van der Waals surface area contributed by atoms with Crippen LogP contribution in [-0.2, 0) is 9.59 Å². The zero-order valence-corrected chi connectivity index (χ0v) is 14.3. The highest BCUT2D eigenvalue weighted by molar-refractivity contribution is 6.23. The Morgan fingerprint density at radius 2 is 1.71 bits per heavy atom. The minimum Gasteiger partial charge on any atom is -0.275 e. The molecule has 0 radical (unpaired) electrons. The summed E-state index contributed by atoms with van der Waals surface area (Å²) < 4.78 is 1.32. The first-order valence-electron chi connectivity index (χ1n) is 7.80. The van der Waals surface area contributed by atoms with Crippen molar-refractivity contribution in [3.8, 4) is 5.69 Å². The molecule has 12 heteroatoms. The predicted octanol–water partition coefficient (Wildman–Crippen LogP) is 1.09. The Bertz CT molecular complexity index is 1030. The lowest BCUT2D eigenvalue weighted by Gasteiger charge is -2.13. The van der Waals surface area contributed by atoms with Gasteiger partial charge in [-0.1, -0.05) is 0 Å². The lowest BCUT2D eigenvalue weighted by molar-refractivity contribution is -0.600. The van der Waals surface area contributed by atoms with Crippen LogP contribution in [0, 0.1) is 20.2 Å². The average Bonchev–Trinajstić information content (AvgIpc) is 2.96. The molecule has 1 aromatic heterocycles. The van der Waals surface area contributed by atoms with Crippen LogP contribution in [0.15, 0.2) is 42.7 Å². The van der Waals surface area contributed by atoms with Gasteiger partial charge in [0.15, 0.2) is 12.4 Å². The van der Waals surface area contributed by atoms with Gasteiger partial charge in [0.25, 0.3) is 17.3 Å². The summed E-state index contributed by atoms with van der Waals surface area (Å²) in [7, 11) is 0. The normalized spacial score (nSPS) is 13.8. The molecule has 0 aliphatic carbocycles. The molecule has 0 spiro atoms. The topological polar surface area (TPSA) is 148 Å². The standard InChI is InChI=1S/C16H12N5O7/c1-10(22)18-9-15(23)19(16(18)24)11-4-6-17(7-5-11)13-3-2-12(20(25)26)8-14(13)21(27)28/h2-8H,9H2,1H3/q+1. The van der Waals surface area contributed by atoms with Gasteiger partial charge in [0.05, 0.1) is 15.5 Å². The monoisotopic (exact) mass is 386 g/mol. The van der Waals surface area contributed by atoms with Crippen LogP contribution < -0.4 is 9.47 Å². The molecule has 1 aliphatic heterocycles. The van der Waals surface area contributed by atoms with Gasteiger partial charge in [-0.05, 0) is 0 Å². The Hall–Kier alpha value is -4.22. The van der Waals surface area contributed by atoms with Gasteiger partial charge in [-0.15, -0.1) is 0 Å². The summed E-state index contributed by atoms with van der Waals surface area (Å²) in [5.41, 5.74) is -0.667. The van der Waals surface area contributed by atoms with Gasteiger partial charge >= 0.3 is 11.7 Å². The molecule has 1 aromatic carbocycles. The number of nitrogens with zero attached hydrogens (tertiary/aromatic N) is 5. The van der Waals surface area contributed by atoms with Crippen LogP contribution in [-0.4, -0.2) is 39.1 Å². The molecule has 28 heavy (non-hydrogen) atoms. The summed E-state index contributed by atoms with van der Waals surface area (Å²) in [6.07, 6.45) is 2.72. The van der Waals surface area contributed by atoms with Gasteiger partial charge < -0.3 is 0 Å². The molecule has 3 rings (SSSR count). The summed E-state index contributed by atoms with van der Waals surface area (Å²) in [5, 5.41) is 22.1. The van der Waals surface area contributed by atoms with E-state index in [1.165, 1.54) is 42.1 Å². The van der Waals surface area contributed by atoms with Crippen LogP contribution in [0.4, 0.5) is 21.9 Å². The number of carbonyl (C=O) groups is 3. The van der Waals surface area contributed by atoms with Crippen LogP contribution in [0.2, 0.25) is 0 Å². The number of amides is 4. The predicted molar refractivity (Wildman–Crippen MR) is 91.6 cm³/mol. The van der Waals surface area contributed by atoms with Crippen molar-refractivity contribution >= 4 is 34.9 Å². The van der Waals surface area contributed by atoms with Crippen molar-refractivity contribution in [2.75, 3.05) is 11.4 Å². The Labute approximate surface area is 156 Å². The van der Waals surface area contributed by atoms with E-state index in [1.807, 2.05) is 0 Å². The first-order chi connectivity index (χ1) is 13.2. The molecule has 0 N–H and O–H groups in total. The summed E-state index contributed by atoms with van der Waals surface area (Å²) in [5.74, 6) is -1.15. The zero-order chi connectivity index (χ0) is 20.6. The summed E-state index contributed by atoms with van der Waals surface area (Å²) in [6, 6.07) is 5.14. The lowest BCUT2D eigenvalue weighted by Crippen LogP contribution is -2.36. The van der Waals surface area contributed by atoms with Crippen molar-refractivity contribution < 1.29 is 28.8 Å². The fourth-order valence-electron chi connectivity index (χ4n) is 2.72. The van der Waals surface area contributed by atoms with E-state index in [4.69, 9.17) is 0 Å². The van der Waals surface area contributed by atoms with E-state index < -0.39 is 39.1 Å². The van der Waals surface area contributed by atoms with Crippen LogP contribution in [0.1, 0.15) is 6.92 Å². The minimum atomic E-state index is -0.781. The van der Waals surface area contributed by atoms with Crippen molar-refractivity contribution in [1.82, 2.24) is 4.90 Å². The smallest absolute Gasteiger partial charge is 0.275 e. The van der Waals surface area contributed by atoms with E-state index in [0.29, 0.717) is 0 Å². The van der Waals surface area contributed by atoms with Crippen molar-refractivity contribution in [3.63, 3.8) is 0 Å². The van der Waals surface area contributed by atoms with Gasteiger partial charge in [-0.3, -0.25) is 34.7 Å². The maximum Gasteiger partial charge on any atom is 0.347 e. The number of benzene rings is 1. The van der Waals surface area contributed by atoms with Crippen LogP contribution in [0.25, 0.3) is 5.69 Å². The van der Waals surface area contributed by atoms with Crippen molar-refractivity contribution in [1.29, 1.82) is 0 Å². The second-order valence-electron chi connectivity index (χ2n) is 5.77. The molecule has 142 valence electrons. The maximum atomic E-state index is 12.2. The Balaban J connectivity index is 1.97. The van der Waals surface area contributed by atoms with Crippen molar-refractivity contribution in [2.45, 2.75) is 6.92 Å². The second kappa shape index (κ2) is 6.83. The van der Waals surface area contributed by atoms with Crippen LogP contribution in [0.3, 0.4) is 0 Å². The first-order valence-corrected chi connectivity index (χ1v) is 7.80. The second-order valence-corrected chi connectivity index (χ2v) is 5.77. The van der Waals surface area contributed by atoms with Gasteiger partial charge in [0.1, 0.15) is 12.6 Å². The molecule has 2 aromatic rings. The molecule has 0 bridgehead atoms. The van der Waals surface area contributed by atoms with Crippen molar-refractivity contribution in [3.05, 3.63) is 63.0 Å². The summed E-state index contributed by atoms with van der Waals surface area (Å²) in [6.45, 7) is 0.804. The molecule has 0 unspecified atom stereocenters. The number of nitro groups is 2. The molecule has 12 nitrogen and oxygen atoms in total. The van der Waals surface area contributed by atoms with Gasteiger partial charge in [0.2, 0.25) is 5.91 Å². The lowest BCUT2D eigenvalue weighted by atomic mass is 10.2. The zero-order valence-electron chi connectivity index (χ0n) is 14.3. The molecular weight excluding hydrogens is 374 g/mol. The van der Waals surface area contributed by atoms with Gasteiger partial charge in [0, 0.05) is 31.2 Å². The quantitative estimate of drug-likeness (QED) is 0.330. The van der Waals surface area contributed by atoms with E-state index >= 15 is 0 Å². The molecule has 0 saturated carbocycles. The number of anilines is 1. The number of pyridine rings is 1. The third-order valence-electron chi connectivity index (χ3n) is 4.06. The Morgan fingerprint density at radius 3 is 2.21 bits per heavy atom. The fourth-order valence-corrected chi connectivity index (χ4v) is 2.72. The number of aromatic nitrogens is 1. The SMILES string of the molecule is CC(=O)N1CC(=O)N(c2cc[n+](-c3ccc([N+](=O)[O-])cc3[N+](=O)[O-])cc2)C1=O. The molecule has 1 fully saturated rings. The third kappa shape index (κ3) is 3.13. The highest BCUT2D eigenvalue weighted by Gasteiger charge is 2.39. The Morgan fingerprint density at radius 1 is 1.07 bits per heavy atom. The van der Waals surface area contributed by atoms with E-state index in [-0.39, 0.29) is 17.9 Å². The van der Waals surface area contributed by atoms with Crippen LogP contribution in [0.5, 0.6) is 0 Å². The number of non-ortho nitro benzene ring substituents is 1. The molecule has 4 amide bonds. The van der Waals surface area contributed by atoms with E-state index in [0.717, 1.165) is 21.9 Å². The molecule has 1 aliphatic rings. The number of hydrogen-bond acceptors (Lipinski definition) is 7. The first kappa shape index (κ1) is 18.6. The number of carbonyl (C=O) groups excluding carboxylic acids is 3. The largest absolute Gasteiger partial charge is 0.347 e. The molecule has 0 atom stereocenters. The number of nitro benzene ring substituents is 2. The van der Waals surface area contributed by atoms with Gasteiger partial charge in [-0.25, -0.2) is 9.69 Å². The molecular formula is C16H12N5O7+. The van der Waals surface area contributed by atoms with E-state index in [2.05, 4.69) is 0 Å². The maximum absolute atomic E-state index is 12.2. The van der Waals surface area contributed by atoms with E-state index in [1.54, 1.807) is 0 Å². The number of rotatable bonds is 4. The highest BCUT2D eigenvalue weighted by Crippen LogP contribution is 2.25. The van der Waals surface area contributed by atoms with Crippen molar-refractivity contribution in [2.24, 2.45) is 0 Å². The number of imide groups is 2. The average molecular weight is 386 g/mol. The van der Waals surface area contributed by atoms with Gasteiger partial charge in [-0.2, -0.15) is 4.57 Å². The Kier molecular flexibility index (Phi) is 4.53. The number of urea groups is 1. The fraction of sp³-hybridized carbons (Fsp3) is 0.125. The number of hydrogen-bond donors (Lipinski definition) is 0. The molecule has 2 heterocycles. The highest BCUT2D eigenvalue weighted by atomic mass is 16.6. The summed E-state index contributed by atoms with van der Waals surface area (Å²) >= 11 is 0. The van der Waals surface area contributed by atoms with Crippen LogP contribution >= 0.6 is 0 Å². The van der Waals surface area contributed by atoms with E-state index in [9.17, 15) is 34.6 Å².